The molecule has 0 radical (unpaired) electrons. The van der Waals surface area contributed by atoms with Gasteiger partial charge in [0, 0.05) is 5.69 Å². The van der Waals surface area contributed by atoms with E-state index in [1.54, 1.807) is 30.3 Å². The number of hydrogen-bond donors (Lipinski definition) is 1. The number of rotatable bonds is 7. The molecule has 3 aromatic carbocycles. The maximum Gasteiger partial charge on any atom is 0.294 e. The highest BCUT2D eigenvalue weighted by Crippen LogP contribution is 2.38. The second-order valence-corrected chi connectivity index (χ2v) is 11.0. The summed E-state index contributed by atoms with van der Waals surface area (Å²) >= 11 is 7.74. The van der Waals surface area contributed by atoms with E-state index in [0.717, 1.165) is 33.4 Å². The molecule has 37 heavy (non-hydrogen) atoms. The lowest BCUT2D eigenvalue weighted by Crippen LogP contribution is -2.36. The zero-order chi connectivity index (χ0) is 26.7. The van der Waals surface area contributed by atoms with Crippen LogP contribution in [0.2, 0.25) is 0 Å². The smallest absolute Gasteiger partial charge is 0.294 e. The van der Waals surface area contributed by atoms with Crippen LogP contribution >= 0.6 is 43.6 Å². The number of nitrogens with one attached hydrogen (secondary N) is 1. The van der Waals surface area contributed by atoms with Crippen molar-refractivity contribution in [3.63, 3.8) is 0 Å². The van der Waals surface area contributed by atoms with Crippen molar-refractivity contribution in [2.24, 2.45) is 0 Å². The van der Waals surface area contributed by atoms with Crippen LogP contribution in [0.5, 0.6) is 5.75 Å². The van der Waals surface area contributed by atoms with Crippen LogP contribution in [0.25, 0.3) is 6.08 Å². The highest BCUT2D eigenvalue weighted by Gasteiger charge is 2.36. The maximum absolute atomic E-state index is 13.1. The van der Waals surface area contributed by atoms with Crippen molar-refractivity contribution in [2.75, 3.05) is 11.9 Å². The van der Waals surface area contributed by atoms with E-state index in [4.69, 9.17) is 4.74 Å². The second-order valence-electron chi connectivity index (χ2n) is 8.31. The van der Waals surface area contributed by atoms with Crippen molar-refractivity contribution < 1.29 is 23.5 Å². The first-order valence-electron chi connectivity index (χ1n) is 11.1. The lowest BCUT2D eigenvalue weighted by Gasteiger charge is -2.15. The van der Waals surface area contributed by atoms with Crippen LogP contribution in [-0.2, 0) is 16.2 Å². The number of ether oxygens (including phenoxy) is 1. The van der Waals surface area contributed by atoms with E-state index in [9.17, 15) is 18.8 Å². The molecule has 1 heterocycles. The molecular formula is C27H21Br2FN2O4S. The molecule has 0 aromatic heterocycles. The Morgan fingerprint density at radius 1 is 1.05 bits per heavy atom. The number of amides is 3. The SMILES string of the molecule is Cc1cccc(C)c1NC(=O)CN1C(=O)S/C(=C/c2cc(Br)c(OCc3ccc(F)cc3)c(Br)c2)C1=O. The van der Waals surface area contributed by atoms with Gasteiger partial charge in [-0.15, -0.1) is 0 Å². The minimum atomic E-state index is -0.532. The highest BCUT2D eigenvalue weighted by molar-refractivity contribution is 9.11. The van der Waals surface area contributed by atoms with Gasteiger partial charge in [-0.3, -0.25) is 19.3 Å². The molecule has 0 atom stereocenters. The van der Waals surface area contributed by atoms with Crippen molar-refractivity contribution in [3.8, 4) is 5.75 Å². The Labute approximate surface area is 234 Å². The molecule has 0 bridgehead atoms. The summed E-state index contributed by atoms with van der Waals surface area (Å²) in [5.74, 6) is -0.760. The molecule has 10 heteroatoms. The molecule has 1 saturated heterocycles. The molecule has 1 N–H and O–H groups in total. The van der Waals surface area contributed by atoms with E-state index >= 15 is 0 Å². The van der Waals surface area contributed by atoms with Crippen molar-refractivity contribution in [1.82, 2.24) is 4.90 Å². The summed E-state index contributed by atoms with van der Waals surface area (Å²) in [5.41, 5.74) is 3.91. The summed E-state index contributed by atoms with van der Waals surface area (Å²) in [6, 6.07) is 15.2. The molecule has 0 aliphatic carbocycles. The molecule has 0 saturated carbocycles. The van der Waals surface area contributed by atoms with Gasteiger partial charge in [-0.2, -0.15) is 0 Å². The van der Waals surface area contributed by atoms with Gasteiger partial charge in [0.05, 0.1) is 13.9 Å². The Morgan fingerprint density at radius 3 is 2.30 bits per heavy atom. The highest BCUT2D eigenvalue weighted by atomic mass is 79.9. The predicted octanol–water partition coefficient (Wildman–Crippen LogP) is 7.22. The molecule has 1 aliphatic rings. The van der Waals surface area contributed by atoms with Crippen LogP contribution in [0.4, 0.5) is 14.9 Å². The Morgan fingerprint density at radius 2 is 1.68 bits per heavy atom. The van der Waals surface area contributed by atoms with Crippen LogP contribution in [0, 0.1) is 19.7 Å². The summed E-state index contributed by atoms with van der Waals surface area (Å²) < 4.78 is 20.2. The van der Waals surface area contributed by atoms with E-state index in [0.29, 0.717) is 25.9 Å². The molecule has 190 valence electrons. The van der Waals surface area contributed by atoms with Crippen LogP contribution in [0.15, 0.2) is 68.4 Å². The Kier molecular flexibility index (Phi) is 8.51. The minimum Gasteiger partial charge on any atom is -0.487 e. The van der Waals surface area contributed by atoms with E-state index in [-0.39, 0.29) is 23.9 Å². The number of para-hydroxylation sites is 1. The quantitative estimate of drug-likeness (QED) is 0.274. The summed E-state index contributed by atoms with van der Waals surface area (Å²) in [5, 5.41) is 2.29. The fourth-order valence-electron chi connectivity index (χ4n) is 3.66. The molecule has 3 amide bonds. The predicted molar refractivity (Wildman–Crippen MR) is 150 cm³/mol. The van der Waals surface area contributed by atoms with Crippen molar-refractivity contribution in [1.29, 1.82) is 0 Å². The van der Waals surface area contributed by atoms with Gasteiger partial charge in [0.1, 0.15) is 24.7 Å². The van der Waals surface area contributed by atoms with Crippen LogP contribution in [-0.4, -0.2) is 28.5 Å². The minimum absolute atomic E-state index is 0.212. The molecule has 4 rings (SSSR count). The van der Waals surface area contributed by atoms with Crippen LogP contribution < -0.4 is 10.1 Å². The normalized spacial score (nSPS) is 14.4. The fourth-order valence-corrected chi connectivity index (χ4v) is 5.95. The van der Waals surface area contributed by atoms with Gasteiger partial charge in [-0.05, 0) is 110 Å². The summed E-state index contributed by atoms with van der Waals surface area (Å²) in [7, 11) is 0. The summed E-state index contributed by atoms with van der Waals surface area (Å²) in [4.78, 5) is 39.2. The molecule has 1 aliphatic heterocycles. The molecule has 6 nitrogen and oxygen atoms in total. The number of carbonyl (C=O) groups is 3. The van der Waals surface area contributed by atoms with Gasteiger partial charge in [-0.25, -0.2) is 4.39 Å². The second kappa shape index (κ2) is 11.6. The third-order valence-corrected chi connectivity index (χ3v) is 7.62. The molecule has 0 spiro atoms. The molecule has 1 fully saturated rings. The third kappa shape index (κ3) is 6.49. The molecule has 0 unspecified atom stereocenters. The van der Waals surface area contributed by atoms with Crippen molar-refractivity contribution >= 4 is 72.4 Å². The molecule has 3 aromatic rings. The van der Waals surface area contributed by atoms with Gasteiger partial charge < -0.3 is 10.1 Å². The van der Waals surface area contributed by atoms with Gasteiger partial charge in [0.25, 0.3) is 11.1 Å². The number of imide groups is 1. The zero-order valence-electron chi connectivity index (χ0n) is 19.8. The van der Waals surface area contributed by atoms with E-state index in [1.807, 2.05) is 32.0 Å². The Balaban J connectivity index is 1.45. The number of thioether (sulfide) groups is 1. The monoisotopic (exact) mass is 646 g/mol. The standard InChI is InChI=1S/C27H21Br2FN2O4S/c1-15-4-3-5-16(2)24(15)31-23(33)13-32-26(34)22(37-27(32)35)12-18-10-20(28)25(21(29)11-18)36-14-17-6-8-19(30)9-7-17/h3-12H,13-14H2,1-2H3,(H,31,33)/b22-12+. The molecular weight excluding hydrogens is 627 g/mol. The van der Waals surface area contributed by atoms with E-state index < -0.39 is 17.1 Å². The Hall–Kier alpha value is -2.95. The van der Waals surface area contributed by atoms with Gasteiger partial charge >= 0.3 is 0 Å². The number of carbonyl (C=O) groups excluding carboxylic acids is 3. The maximum atomic E-state index is 13.1. The summed E-state index contributed by atoms with van der Waals surface area (Å²) in [6.45, 7) is 3.61. The average molecular weight is 648 g/mol. The fraction of sp³-hybridized carbons (Fsp3) is 0.148. The first-order chi connectivity index (χ1) is 17.6. The summed E-state index contributed by atoms with van der Waals surface area (Å²) in [6.07, 6.45) is 1.59. The first-order valence-corrected chi connectivity index (χ1v) is 13.5. The number of nitrogens with zero attached hydrogens (tertiary/aromatic N) is 1. The number of anilines is 1. The van der Waals surface area contributed by atoms with Gasteiger partial charge in [0.15, 0.2) is 0 Å². The average Bonchev–Trinajstić information content (AvgIpc) is 3.09. The topological polar surface area (TPSA) is 75.7 Å². The number of halogens is 3. The largest absolute Gasteiger partial charge is 0.487 e. The third-order valence-electron chi connectivity index (χ3n) is 5.54. The number of aryl methyl sites for hydroxylation is 2. The number of benzene rings is 3. The van der Waals surface area contributed by atoms with E-state index in [2.05, 4.69) is 37.2 Å². The van der Waals surface area contributed by atoms with Gasteiger partial charge in [-0.1, -0.05) is 30.3 Å². The Bertz CT molecular complexity index is 1380. The number of hydrogen-bond acceptors (Lipinski definition) is 5. The zero-order valence-corrected chi connectivity index (χ0v) is 23.8. The van der Waals surface area contributed by atoms with Crippen LogP contribution in [0.3, 0.4) is 0 Å². The van der Waals surface area contributed by atoms with Crippen molar-refractivity contribution in [2.45, 2.75) is 20.5 Å². The van der Waals surface area contributed by atoms with Crippen molar-refractivity contribution in [3.05, 3.63) is 96.5 Å². The first kappa shape index (κ1) is 27.1. The van der Waals surface area contributed by atoms with E-state index in [1.165, 1.54) is 12.1 Å². The lowest BCUT2D eigenvalue weighted by atomic mass is 10.1. The lowest BCUT2D eigenvalue weighted by molar-refractivity contribution is -0.127. The van der Waals surface area contributed by atoms with Crippen LogP contribution in [0.1, 0.15) is 22.3 Å². The van der Waals surface area contributed by atoms with Gasteiger partial charge in [0.2, 0.25) is 5.91 Å².